The van der Waals surface area contributed by atoms with Crippen molar-refractivity contribution in [1.29, 1.82) is 5.41 Å². The van der Waals surface area contributed by atoms with Crippen LogP contribution in [-0.2, 0) is 11.3 Å². The van der Waals surface area contributed by atoms with Crippen molar-refractivity contribution in [2.24, 2.45) is 5.73 Å². The highest BCUT2D eigenvalue weighted by Gasteiger charge is 2.17. The van der Waals surface area contributed by atoms with Crippen LogP contribution < -0.4 is 5.73 Å². The number of nitrogens with zero attached hydrogens (tertiary/aromatic N) is 1. The Morgan fingerprint density at radius 1 is 1.50 bits per heavy atom. The first-order chi connectivity index (χ1) is 9.58. The van der Waals surface area contributed by atoms with Crippen molar-refractivity contribution in [3.63, 3.8) is 0 Å². The number of nitrogen functional groups attached to an aromatic ring is 1. The van der Waals surface area contributed by atoms with Gasteiger partial charge >= 0.3 is 0 Å². The predicted molar refractivity (Wildman–Crippen MR) is 77.3 cm³/mol. The van der Waals surface area contributed by atoms with Gasteiger partial charge in [0.15, 0.2) is 0 Å². The van der Waals surface area contributed by atoms with E-state index >= 15 is 0 Å². The highest BCUT2D eigenvalue weighted by atomic mass is 19.1. The highest BCUT2D eigenvalue weighted by molar-refractivity contribution is 5.95. The van der Waals surface area contributed by atoms with E-state index in [-0.39, 0.29) is 17.5 Å². The molecule has 4 nitrogen and oxygen atoms in total. The number of hydrogen-bond acceptors (Lipinski definition) is 3. The van der Waals surface area contributed by atoms with Gasteiger partial charge in [-0.25, -0.2) is 4.39 Å². The lowest BCUT2D eigenvalue weighted by Crippen LogP contribution is -2.33. The van der Waals surface area contributed by atoms with E-state index in [0.29, 0.717) is 12.1 Å². The van der Waals surface area contributed by atoms with Gasteiger partial charge in [0.2, 0.25) is 0 Å². The molecule has 0 saturated carbocycles. The fourth-order valence-electron chi connectivity index (χ4n) is 2.56. The quantitative estimate of drug-likeness (QED) is 0.641. The third-order valence-corrected chi connectivity index (χ3v) is 3.60. The van der Waals surface area contributed by atoms with Crippen molar-refractivity contribution >= 4 is 5.84 Å². The van der Waals surface area contributed by atoms with Crippen LogP contribution >= 0.6 is 0 Å². The van der Waals surface area contributed by atoms with Crippen LogP contribution in [0.1, 0.15) is 30.4 Å². The predicted octanol–water partition coefficient (Wildman–Crippen LogP) is 2.11. The number of hydrogen-bond donors (Lipinski definition) is 2. The maximum atomic E-state index is 14.2. The van der Waals surface area contributed by atoms with Gasteiger partial charge in [-0.2, -0.15) is 0 Å². The van der Waals surface area contributed by atoms with Crippen molar-refractivity contribution in [2.75, 3.05) is 20.2 Å². The van der Waals surface area contributed by atoms with Gasteiger partial charge in [0.05, 0.1) is 11.7 Å². The zero-order chi connectivity index (χ0) is 14.5. The first kappa shape index (κ1) is 14.9. The molecule has 0 aromatic heterocycles. The molecule has 1 atom stereocenters. The number of rotatable bonds is 5. The lowest BCUT2D eigenvalue weighted by Gasteiger charge is -2.27. The van der Waals surface area contributed by atoms with Crippen molar-refractivity contribution in [3.05, 3.63) is 35.1 Å². The molecule has 2 rings (SSSR count). The molecule has 0 amide bonds. The average Bonchev–Trinajstić information content (AvgIpc) is 2.42. The molecule has 1 fully saturated rings. The smallest absolute Gasteiger partial charge is 0.138 e. The Morgan fingerprint density at radius 3 is 2.95 bits per heavy atom. The summed E-state index contributed by atoms with van der Waals surface area (Å²) < 4.78 is 19.9. The molecule has 20 heavy (non-hydrogen) atoms. The Bertz CT molecular complexity index is 472. The van der Waals surface area contributed by atoms with E-state index in [4.69, 9.17) is 15.9 Å². The Balaban J connectivity index is 1.98. The van der Waals surface area contributed by atoms with Crippen molar-refractivity contribution in [2.45, 2.75) is 31.9 Å². The lowest BCUT2D eigenvalue weighted by atomic mass is 10.1. The third kappa shape index (κ3) is 3.77. The van der Waals surface area contributed by atoms with Gasteiger partial charge in [-0.1, -0.05) is 12.1 Å². The fourth-order valence-corrected chi connectivity index (χ4v) is 2.56. The van der Waals surface area contributed by atoms with E-state index in [2.05, 4.69) is 4.90 Å². The lowest BCUT2D eigenvalue weighted by molar-refractivity contribution is -0.00272. The topological polar surface area (TPSA) is 62.3 Å². The van der Waals surface area contributed by atoms with Crippen LogP contribution in [0.2, 0.25) is 0 Å². The normalized spacial score (nSPS) is 19.2. The molecular weight excluding hydrogens is 257 g/mol. The monoisotopic (exact) mass is 279 g/mol. The molecule has 110 valence electrons. The Hall–Kier alpha value is -1.46. The number of halogens is 1. The van der Waals surface area contributed by atoms with Gasteiger partial charge in [-0.05, 0) is 32.4 Å². The molecule has 1 aromatic rings. The Morgan fingerprint density at radius 2 is 2.30 bits per heavy atom. The first-order valence-electron chi connectivity index (χ1n) is 7.00. The van der Waals surface area contributed by atoms with E-state index in [1.807, 2.05) is 7.05 Å². The maximum Gasteiger partial charge on any atom is 0.138 e. The number of nitrogens with one attached hydrogen (secondary N) is 1. The van der Waals surface area contributed by atoms with E-state index in [1.54, 1.807) is 12.1 Å². The largest absolute Gasteiger partial charge is 0.384 e. The van der Waals surface area contributed by atoms with E-state index < -0.39 is 5.82 Å². The van der Waals surface area contributed by atoms with Gasteiger partial charge in [-0.3, -0.25) is 10.3 Å². The van der Waals surface area contributed by atoms with E-state index in [1.165, 1.54) is 12.5 Å². The minimum absolute atomic E-state index is 0.171. The molecule has 5 heteroatoms. The summed E-state index contributed by atoms with van der Waals surface area (Å²) in [5, 5.41) is 7.36. The molecule has 1 heterocycles. The zero-order valence-electron chi connectivity index (χ0n) is 11.9. The summed E-state index contributed by atoms with van der Waals surface area (Å²) >= 11 is 0. The van der Waals surface area contributed by atoms with Gasteiger partial charge < -0.3 is 10.5 Å². The standard InChI is InChI=1S/C15H22FN3O/c1-19(10-12-6-2-3-8-20-12)9-11-5-4-7-13(14(11)16)15(17)18/h4-5,7,12H,2-3,6,8-10H2,1H3,(H3,17,18). The number of likely N-dealkylation sites (N-methyl/N-ethyl adjacent to an activating group) is 1. The summed E-state index contributed by atoms with van der Waals surface area (Å²) in [5.74, 6) is -0.626. The number of nitrogens with two attached hydrogens (primary N) is 1. The third-order valence-electron chi connectivity index (χ3n) is 3.60. The van der Waals surface area contributed by atoms with Gasteiger partial charge in [0, 0.05) is 25.3 Å². The molecule has 1 unspecified atom stereocenters. The Kier molecular flexibility index (Phi) is 5.09. The van der Waals surface area contributed by atoms with Crippen LogP contribution in [0.15, 0.2) is 18.2 Å². The summed E-state index contributed by atoms with van der Waals surface area (Å²) in [5.41, 5.74) is 6.11. The summed E-state index contributed by atoms with van der Waals surface area (Å²) in [6.07, 6.45) is 3.65. The number of amidine groups is 1. The van der Waals surface area contributed by atoms with Crippen LogP contribution in [0.4, 0.5) is 4.39 Å². The number of ether oxygens (including phenoxy) is 1. The SMILES string of the molecule is CN(Cc1cccc(C(=N)N)c1F)CC1CCCCO1. The van der Waals surface area contributed by atoms with Crippen LogP contribution in [0.25, 0.3) is 0 Å². The molecule has 1 aliphatic rings. The van der Waals surface area contributed by atoms with Crippen LogP contribution in [0.5, 0.6) is 0 Å². The summed E-state index contributed by atoms with van der Waals surface area (Å²) in [4.78, 5) is 2.05. The van der Waals surface area contributed by atoms with Crippen LogP contribution in [0, 0.1) is 11.2 Å². The Labute approximate surface area is 119 Å². The molecule has 1 aliphatic heterocycles. The van der Waals surface area contributed by atoms with Gasteiger partial charge in [0.1, 0.15) is 11.7 Å². The van der Waals surface area contributed by atoms with Crippen molar-refractivity contribution < 1.29 is 9.13 Å². The minimum atomic E-state index is -0.392. The van der Waals surface area contributed by atoms with E-state index in [9.17, 15) is 4.39 Å². The van der Waals surface area contributed by atoms with Crippen molar-refractivity contribution in [1.82, 2.24) is 4.90 Å². The van der Waals surface area contributed by atoms with E-state index in [0.717, 1.165) is 26.0 Å². The second kappa shape index (κ2) is 6.81. The average molecular weight is 279 g/mol. The minimum Gasteiger partial charge on any atom is -0.384 e. The molecule has 0 aliphatic carbocycles. The molecule has 0 bridgehead atoms. The second-order valence-corrected chi connectivity index (χ2v) is 5.38. The molecule has 0 radical (unpaired) electrons. The highest BCUT2D eigenvalue weighted by Crippen LogP contribution is 2.17. The summed E-state index contributed by atoms with van der Waals surface area (Å²) in [7, 11) is 1.96. The molecule has 0 spiro atoms. The number of benzene rings is 1. The first-order valence-corrected chi connectivity index (χ1v) is 7.00. The summed E-state index contributed by atoms with van der Waals surface area (Å²) in [6, 6.07) is 5.01. The molecular formula is C15H22FN3O. The molecule has 3 N–H and O–H groups in total. The molecule has 1 saturated heterocycles. The maximum absolute atomic E-state index is 14.2. The van der Waals surface area contributed by atoms with Crippen LogP contribution in [-0.4, -0.2) is 37.0 Å². The zero-order valence-corrected chi connectivity index (χ0v) is 11.9. The van der Waals surface area contributed by atoms with Gasteiger partial charge in [-0.15, -0.1) is 0 Å². The van der Waals surface area contributed by atoms with Crippen molar-refractivity contribution in [3.8, 4) is 0 Å². The second-order valence-electron chi connectivity index (χ2n) is 5.38. The summed E-state index contributed by atoms with van der Waals surface area (Å²) in [6.45, 7) is 2.11. The molecule has 1 aromatic carbocycles. The van der Waals surface area contributed by atoms with Gasteiger partial charge in [0.25, 0.3) is 0 Å². The van der Waals surface area contributed by atoms with Crippen LogP contribution in [0.3, 0.4) is 0 Å². The fraction of sp³-hybridized carbons (Fsp3) is 0.533.